The summed E-state index contributed by atoms with van der Waals surface area (Å²) in [5.74, 6) is 1.67. The van der Waals surface area contributed by atoms with E-state index in [1.165, 1.54) is 0 Å². The first-order valence-corrected chi connectivity index (χ1v) is 11.3. The van der Waals surface area contributed by atoms with Crippen LogP contribution in [0.25, 0.3) is 5.65 Å². The van der Waals surface area contributed by atoms with Gasteiger partial charge in [-0.05, 0) is 51.0 Å². The molecule has 10 heteroatoms. The van der Waals surface area contributed by atoms with Crippen LogP contribution in [0.15, 0.2) is 48.8 Å². The Morgan fingerprint density at radius 3 is 2.88 bits per heavy atom. The van der Waals surface area contributed by atoms with E-state index in [1.807, 2.05) is 54.9 Å². The zero-order valence-electron chi connectivity index (χ0n) is 18.8. The Kier molecular flexibility index (Phi) is 5.64. The van der Waals surface area contributed by atoms with Crippen LogP contribution >= 0.6 is 0 Å². The second-order valence-electron chi connectivity index (χ2n) is 7.96. The molecule has 0 saturated carbocycles. The van der Waals surface area contributed by atoms with E-state index in [4.69, 9.17) is 9.97 Å². The molecule has 4 aromatic heterocycles. The molecule has 1 fully saturated rings. The molecule has 4 aromatic rings. The molecule has 1 atom stereocenters. The van der Waals surface area contributed by atoms with Crippen LogP contribution in [-0.4, -0.2) is 60.0 Å². The summed E-state index contributed by atoms with van der Waals surface area (Å²) in [6.45, 7) is 6.06. The lowest BCUT2D eigenvalue weighted by molar-refractivity contribution is 0.0767. The molecule has 1 aliphatic heterocycles. The summed E-state index contributed by atoms with van der Waals surface area (Å²) in [6.07, 6.45) is 5.78. The van der Waals surface area contributed by atoms with E-state index in [9.17, 15) is 4.79 Å². The zero-order chi connectivity index (χ0) is 22.8. The number of pyridine rings is 1. The molecule has 0 spiro atoms. The van der Waals surface area contributed by atoms with Crippen molar-refractivity contribution in [2.24, 2.45) is 0 Å². The van der Waals surface area contributed by atoms with Crippen LogP contribution in [0.4, 0.5) is 17.7 Å². The summed E-state index contributed by atoms with van der Waals surface area (Å²) in [4.78, 5) is 30.8. The van der Waals surface area contributed by atoms with Crippen LogP contribution in [0.1, 0.15) is 48.9 Å². The molecule has 0 aliphatic carbocycles. The van der Waals surface area contributed by atoms with Gasteiger partial charge in [-0.3, -0.25) is 19.3 Å². The molecule has 0 aromatic carbocycles. The molecule has 5 heterocycles. The second-order valence-corrected chi connectivity index (χ2v) is 7.96. The SMILES string of the molecule is CCN(CC)C(=O)c1cc(Nc2nc(N3CCCC3c3ccccn3)nc3cccn23)n[nH]1. The predicted molar refractivity (Wildman–Crippen MR) is 126 cm³/mol. The highest BCUT2D eigenvalue weighted by Gasteiger charge is 2.30. The molecule has 0 radical (unpaired) electrons. The van der Waals surface area contributed by atoms with Gasteiger partial charge in [0.05, 0.1) is 11.7 Å². The third-order valence-corrected chi connectivity index (χ3v) is 6.01. The van der Waals surface area contributed by atoms with Crippen molar-refractivity contribution >= 4 is 29.3 Å². The maximum atomic E-state index is 12.6. The molecule has 1 amide bonds. The average molecular weight is 446 g/mol. The molecule has 0 bridgehead atoms. The average Bonchev–Trinajstić information content (AvgIpc) is 3.60. The Balaban J connectivity index is 1.45. The number of aromatic amines is 1. The highest BCUT2D eigenvalue weighted by Crippen LogP contribution is 2.34. The lowest BCUT2D eigenvalue weighted by atomic mass is 10.1. The first-order valence-electron chi connectivity index (χ1n) is 11.3. The van der Waals surface area contributed by atoms with E-state index >= 15 is 0 Å². The van der Waals surface area contributed by atoms with Crippen molar-refractivity contribution in [3.8, 4) is 0 Å². The molecule has 2 N–H and O–H groups in total. The topological polar surface area (TPSA) is 107 Å². The number of carbonyl (C=O) groups excluding carboxylic acids is 1. The highest BCUT2D eigenvalue weighted by molar-refractivity contribution is 5.93. The molecule has 33 heavy (non-hydrogen) atoms. The van der Waals surface area contributed by atoms with Gasteiger partial charge in [0, 0.05) is 38.1 Å². The van der Waals surface area contributed by atoms with Gasteiger partial charge in [0.25, 0.3) is 5.91 Å². The van der Waals surface area contributed by atoms with Crippen molar-refractivity contribution in [3.63, 3.8) is 0 Å². The number of fused-ring (bicyclic) bond motifs is 1. The van der Waals surface area contributed by atoms with E-state index in [-0.39, 0.29) is 11.9 Å². The summed E-state index contributed by atoms with van der Waals surface area (Å²) in [5, 5.41) is 10.4. The standard InChI is InChI=1S/C23H27N9O/c1-3-30(4-2)21(33)17-15-19(29-28-17)25-22-27-23(26-20-11-8-14-32(20)22)31-13-7-10-18(31)16-9-5-6-12-24-16/h5-6,8-9,11-12,14-15,18H,3-4,7,10,13H2,1-2H3,(H2,25,26,27,28,29). The number of anilines is 3. The fraction of sp³-hybridized carbons (Fsp3) is 0.348. The first kappa shape index (κ1) is 20.9. The van der Waals surface area contributed by atoms with E-state index < -0.39 is 0 Å². The Hall–Kier alpha value is -3.95. The Labute approximate surface area is 191 Å². The third kappa shape index (κ3) is 3.99. The normalized spacial score (nSPS) is 15.8. The first-order chi connectivity index (χ1) is 16.2. The Bertz CT molecular complexity index is 1250. The van der Waals surface area contributed by atoms with Crippen LogP contribution in [0.5, 0.6) is 0 Å². The summed E-state index contributed by atoms with van der Waals surface area (Å²) < 4.78 is 1.87. The zero-order valence-corrected chi connectivity index (χ0v) is 18.8. The van der Waals surface area contributed by atoms with Gasteiger partial charge in [0.15, 0.2) is 5.82 Å². The maximum Gasteiger partial charge on any atom is 0.271 e. The van der Waals surface area contributed by atoms with E-state index in [2.05, 4.69) is 31.5 Å². The number of nitrogens with one attached hydrogen (secondary N) is 2. The summed E-state index contributed by atoms with van der Waals surface area (Å²) in [5.41, 5.74) is 2.24. The van der Waals surface area contributed by atoms with E-state index in [0.717, 1.165) is 30.7 Å². The van der Waals surface area contributed by atoms with Gasteiger partial charge in [-0.2, -0.15) is 15.1 Å². The number of amides is 1. The third-order valence-electron chi connectivity index (χ3n) is 6.01. The fourth-order valence-corrected chi connectivity index (χ4v) is 4.31. The fourth-order valence-electron chi connectivity index (χ4n) is 4.31. The molecule has 1 aliphatic rings. The maximum absolute atomic E-state index is 12.6. The number of rotatable bonds is 7. The minimum Gasteiger partial charge on any atom is -0.338 e. The quantitative estimate of drug-likeness (QED) is 0.449. The number of aromatic nitrogens is 6. The summed E-state index contributed by atoms with van der Waals surface area (Å²) >= 11 is 0. The van der Waals surface area contributed by atoms with Gasteiger partial charge >= 0.3 is 0 Å². The van der Waals surface area contributed by atoms with Gasteiger partial charge in [0.1, 0.15) is 11.3 Å². The lowest BCUT2D eigenvalue weighted by Gasteiger charge is -2.24. The number of nitrogens with zero attached hydrogens (tertiary/aromatic N) is 7. The van der Waals surface area contributed by atoms with Crippen molar-refractivity contribution in [1.82, 2.24) is 34.4 Å². The van der Waals surface area contributed by atoms with Gasteiger partial charge in [-0.1, -0.05) is 6.07 Å². The second kappa shape index (κ2) is 8.89. The van der Waals surface area contributed by atoms with Crippen molar-refractivity contribution < 1.29 is 4.79 Å². The van der Waals surface area contributed by atoms with Crippen molar-refractivity contribution in [1.29, 1.82) is 0 Å². The van der Waals surface area contributed by atoms with Crippen LogP contribution in [0, 0.1) is 0 Å². The molecule has 10 nitrogen and oxygen atoms in total. The minimum atomic E-state index is -0.0784. The molecule has 170 valence electrons. The van der Waals surface area contributed by atoms with Crippen molar-refractivity contribution in [3.05, 3.63) is 60.2 Å². The molecule has 1 unspecified atom stereocenters. The lowest BCUT2D eigenvalue weighted by Crippen LogP contribution is -2.30. The van der Waals surface area contributed by atoms with Gasteiger partial charge < -0.3 is 15.1 Å². The number of hydrogen-bond acceptors (Lipinski definition) is 7. The highest BCUT2D eigenvalue weighted by atomic mass is 16.2. The predicted octanol–water partition coefficient (Wildman–Crippen LogP) is 3.41. The summed E-state index contributed by atoms with van der Waals surface area (Å²) in [6, 6.07) is 11.7. The largest absolute Gasteiger partial charge is 0.338 e. The van der Waals surface area contributed by atoms with E-state index in [0.29, 0.717) is 36.5 Å². The Morgan fingerprint density at radius 2 is 2.09 bits per heavy atom. The van der Waals surface area contributed by atoms with Crippen molar-refractivity contribution in [2.45, 2.75) is 32.7 Å². The van der Waals surface area contributed by atoms with Gasteiger partial charge in [0.2, 0.25) is 11.9 Å². The number of H-pyrrole nitrogens is 1. The summed E-state index contributed by atoms with van der Waals surface area (Å²) in [7, 11) is 0. The molecular weight excluding hydrogens is 418 g/mol. The van der Waals surface area contributed by atoms with Crippen LogP contribution < -0.4 is 10.2 Å². The van der Waals surface area contributed by atoms with Crippen LogP contribution in [0.2, 0.25) is 0 Å². The monoisotopic (exact) mass is 445 g/mol. The van der Waals surface area contributed by atoms with Crippen LogP contribution in [0.3, 0.4) is 0 Å². The minimum absolute atomic E-state index is 0.0784. The molecule has 5 rings (SSSR count). The van der Waals surface area contributed by atoms with Gasteiger partial charge in [-0.15, -0.1) is 0 Å². The number of carbonyl (C=O) groups is 1. The molecular formula is C23H27N9O. The smallest absolute Gasteiger partial charge is 0.271 e. The van der Waals surface area contributed by atoms with E-state index in [1.54, 1.807) is 11.0 Å². The van der Waals surface area contributed by atoms with Crippen molar-refractivity contribution in [2.75, 3.05) is 29.9 Å². The molecule has 1 saturated heterocycles. The van der Waals surface area contributed by atoms with Crippen LogP contribution in [-0.2, 0) is 0 Å². The van der Waals surface area contributed by atoms with Gasteiger partial charge in [-0.25, -0.2) is 0 Å². The Morgan fingerprint density at radius 1 is 1.21 bits per heavy atom. The number of hydrogen-bond donors (Lipinski definition) is 2.